The Hall–Kier alpha value is -3.81. The van der Waals surface area contributed by atoms with E-state index in [4.69, 9.17) is 9.47 Å². The first-order valence-corrected chi connectivity index (χ1v) is 11.0. The minimum atomic E-state index is -4.66. The summed E-state index contributed by atoms with van der Waals surface area (Å²) in [4.78, 5) is 33.0. The van der Waals surface area contributed by atoms with Crippen LogP contribution >= 0.6 is 0 Å². The number of aryl methyl sites for hydroxylation is 1. The summed E-state index contributed by atoms with van der Waals surface area (Å²) in [5.41, 5.74) is -0.830. The van der Waals surface area contributed by atoms with Gasteiger partial charge < -0.3 is 29.2 Å². The lowest BCUT2D eigenvalue weighted by Crippen LogP contribution is -2.56. The average Bonchev–Trinajstić information content (AvgIpc) is 3.27. The molecule has 36 heavy (non-hydrogen) atoms. The molecule has 0 unspecified atom stereocenters. The van der Waals surface area contributed by atoms with Crippen LogP contribution in [0.3, 0.4) is 0 Å². The number of aromatic nitrogens is 4. The molecule has 14 heteroatoms. The number of rotatable bonds is 5. The number of aromatic amines is 1. The van der Waals surface area contributed by atoms with Crippen molar-refractivity contribution in [3.05, 3.63) is 40.4 Å². The van der Waals surface area contributed by atoms with E-state index < -0.39 is 35.1 Å². The van der Waals surface area contributed by atoms with E-state index in [9.17, 15) is 22.8 Å². The molecule has 3 aromatic rings. The van der Waals surface area contributed by atoms with Crippen LogP contribution in [0.5, 0.6) is 5.88 Å². The number of hydrogen-bond acceptors (Lipinski definition) is 7. The maximum atomic E-state index is 13.2. The number of H-pyrrole nitrogens is 1. The van der Waals surface area contributed by atoms with Gasteiger partial charge in [0.2, 0.25) is 5.88 Å². The number of likely N-dealkylation sites (N-methyl/N-ethyl adjacent to an activating group) is 1. The number of piperidine rings is 1. The molecule has 1 aliphatic rings. The molecule has 194 valence electrons. The van der Waals surface area contributed by atoms with Gasteiger partial charge in [-0.05, 0) is 18.6 Å². The first kappa shape index (κ1) is 25.3. The molecule has 4 heterocycles. The van der Waals surface area contributed by atoms with Crippen LogP contribution in [-0.4, -0.2) is 77.2 Å². The lowest BCUT2D eigenvalue weighted by Gasteiger charge is -2.42. The van der Waals surface area contributed by atoms with Crippen LogP contribution < -0.4 is 20.5 Å². The van der Waals surface area contributed by atoms with Gasteiger partial charge in [0.25, 0.3) is 5.56 Å². The zero-order valence-electron chi connectivity index (χ0n) is 20.1. The summed E-state index contributed by atoms with van der Waals surface area (Å²) in [5, 5.41) is 9.91. The van der Waals surface area contributed by atoms with Gasteiger partial charge in [0.05, 0.1) is 42.1 Å². The normalized spacial score (nSPS) is 18.4. The second kappa shape index (κ2) is 9.68. The highest BCUT2D eigenvalue weighted by Gasteiger charge is 2.36. The molecule has 0 radical (unpaired) electrons. The molecule has 1 saturated heterocycles. The Morgan fingerprint density at radius 2 is 2.06 bits per heavy atom. The Bertz CT molecular complexity index is 1320. The minimum Gasteiger partial charge on any atom is -0.479 e. The zero-order valence-corrected chi connectivity index (χ0v) is 20.1. The van der Waals surface area contributed by atoms with E-state index in [1.54, 1.807) is 6.20 Å². The van der Waals surface area contributed by atoms with E-state index in [0.717, 1.165) is 15.6 Å². The number of amides is 2. The van der Waals surface area contributed by atoms with Crippen LogP contribution in [0.4, 0.5) is 29.3 Å². The molecule has 1 aliphatic heterocycles. The van der Waals surface area contributed by atoms with Gasteiger partial charge in [-0.25, -0.2) is 9.78 Å². The fraction of sp³-hybridized carbons (Fsp3) is 0.455. The molecule has 0 saturated carbocycles. The highest BCUT2D eigenvalue weighted by atomic mass is 19.4. The van der Waals surface area contributed by atoms with Gasteiger partial charge in [-0.1, -0.05) is 0 Å². The van der Waals surface area contributed by atoms with E-state index in [1.807, 2.05) is 6.07 Å². The number of fused-ring (bicyclic) bond motifs is 1. The highest BCUT2D eigenvalue weighted by molar-refractivity contribution is 5.89. The summed E-state index contributed by atoms with van der Waals surface area (Å²) in [7, 11) is 5.75. The molecule has 2 amide bonds. The van der Waals surface area contributed by atoms with Crippen molar-refractivity contribution < 1.29 is 27.4 Å². The number of alkyl halides is 3. The predicted octanol–water partition coefficient (Wildman–Crippen LogP) is 2.44. The van der Waals surface area contributed by atoms with E-state index in [0.29, 0.717) is 43.3 Å². The first-order chi connectivity index (χ1) is 17.0. The number of anilines is 2. The topological polar surface area (TPSA) is 118 Å². The van der Waals surface area contributed by atoms with Crippen molar-refractivity contribution in [3.63, 3.8) is 0 Å². The van der Waals surface area contributed by atoms with Crippen LogP contribution in [-0.2, 0) is 18.0 Å². The molecule has 2 N–H and O–H groups in total. The Balaban J connectivity index is 1.49. The molecule has 11 nitrogen and oxygen atoms in total. The Kier molecular flexibility index (Phi) is 6.80. The third-order valence-corrected chi connectivity index (χ3v) is 6.32. The molecule has 0 bridgehead atoms. The first-order valence-electron chi connectivity index (χ1n) is 11.0. The number of carbonyl (C=O) groups is 1. The summed E-state index contributed by atoms with van der Waals surface area (Å²) in [6.07, 6.45) is -2.19. The van der Waals surface area contributed by atoms with E-state index in [1.165, 1.54) is 33.2 Å². The molecule has 0 aliphatic carbocycles. The molecule has 3 aromatic heterocycles. The van der Waals surface area contributed by atoms with Crippen molar-refractivity contribution in [3.8, 4) is 5.88 Å². The van der Waals surface area contributed by atoms with Crippen molar-refractivity contribution in [2.75, 3.05) is 44.6 Å². The number of pyridine rings is 2. The zero-order chi connectivity index (χ0) is 26.2. The second-order valence-electron chi connectivity index (χ2n) is 8.50. The third kappa shape index (κ3) is 4.80. The number of halogens is 3. The largest absolute Gasteiger partial charge is 0.479 e. The molecule has 1 fully saturated rings. The number of carbonyl (C=O) groups excluding carboxylic acids is 1. The molecule has 0 spiro atoms. The Morgan fingerprint density at radius 3 is 2.72 bits per heavy atom. The average molecular weight is 509 g/mol. The third-order valence-electron chi connectivity index (χ3n) is 6.32. The van der Waals surface area contributed by atoms with E-state index >= 15 is 0 Å². The van der Waals surface area contributed by atoms with E-state index in [-0.39, 0.29) is 6.04 Å². The van der Waals surface area contributed by atoms with Crippen LogP contribution in [0.25, 0.3) is 11.0 Å². The van der Waals surface area contributed by atoms with Crippen molar-refractivity contribution in [2.45, 2.75) is 24.7 Å². The van der Waals surface area contributed by atoms with Crippen LogP contribution in [0, 0.1) is 0 Å². The molecular formula is C22H26F3N7O4. The quantitative estimate of drug-likeness (QED) is 0.543. The summed E-state index contributed by atoms with van der Waals surface area (Å²) in [5.74, 6) is 0.426. The van der Waals surface area contributed by atoms with Gasteiger partial charge in [-0.2, -0.15) is 13.2 Å². The van der Waals surface area contributed by atoms with Crippen LogP contribution in [0.15, 0.2) is 29.3 Å². The predicted molar refractivity (Wildman–Crippen MR) is 125 cm³/mol. The van der Waals surface area contributed by atoms with Crippen LogP contribution in [0.1, 0.15) is 12.0 Å². The summed E-state index contributed by atoms with van der Waals surface area (Å²) >= 11 is 0. The maximum absolute atomic E-state index is 13.2. The number of urea groups is 1. The van der Waals surface area contributed by atoms with Gasteiger partial charge in [0.1, 0.15) is 5.69 Å². The van der Waals surface area contributed by atoms with Gasteiger partial charge in [-0.15, -0.1) is 5.10 Å². The number of nitrogens with one attached hydrogen (secondary N) is 2. The maximum Gasteiger partial charge on any atom is 0.417 e. The fourth-order valence-electron chi connectivity index (χ4n) is 4.32. The second-order valence-corrected chi connectivity index (χ2v) is 8.50. The Labute approximate surface area is 203 Å². The van der Waals surface area contributed by atoms with Crippen molar-refractivity contribution in [1.82, 2.24) is 24.6 Å². The van der Waals surface area contributed by atoms with Crippen molar-refractivity contribution in [2.24, 2.45) is 7.05 Å². The highest BCUT2D eigenvalue weighted by Crippen LogP contribution is 2.31. The molecule has 0 aromatic carbocycles. The standard InChI is InChI=1S/C22H26F3N7O4/c1-30-10-12(22(23,24)25)7-15(20(30)33)27-21(34)31(2)16-5-6-32(11-17(16)35-3)13-8-14-18(26-9-13)28-29-19(14)36-4/h7-10,16-17H,5-6,11H2,1-4H3,(H,27,34)(H,26,28,29)/t16-,17+/m0/s1. The lowest BCUT2D eigenvalue weighted by atomic mass is 10.00. The van der Waals surface area contributed by atoms with E-state index in [2.05, 4.69) is 25.4 Å². The summed E-state index contributed by atoms with van der Waals surface area (Å²) in [6.45, 7) is 0.984. The number of hydrogen-bond donors (Lipinski definition) is 2. The summed E-state index contributed by atoms with van der Waals surface area (Å²) < 4.78 is 51.2. The van der Waals surface area contributed by atoms with Gasteiger partial charge >= 0.3 is 12.2 Å². The van der Waals surface area contributed by atoms with Gasteiger partial charge in [0, 0.05) is 40.5 Å². The van der Waals surface area contributed by atoms with Gasteiger partial charge in [-0.3, -0.25) is 9.89 Å². The molecular weight excluding hydrogens is 483 g/mol. The fourth-order valence-corrected chi connectivity index (χ4v) is 4.32. The van der Waals surface area contributed by atoms with Crippen LogP contribution in [0.2, 0.25) is 0 Å². The SMILES string of the molecule is COc1n[nH]c2ncc(N3CC[C@H](N(C)C(=O)Nc4cc(C(F)(F)F)cn(C)c4=O)[C@H](OC)C3)cc12. The number of methoxy groups -OCH3 is 2. The lowest BCUT2D eigenvalue weighted by molar-refractivity contribution is -0.138. The van der Waals surface area contributed by atoms with Gasteiger partial charge in [0.15, 0.2) is 5.65 Å². The van der Waals surface area contributed by atoms with Crippen molar-refractivity contribution >= 4 is 28.4 Å². The van der Waals surface area contributed by atoms with Crippen molar-refractivity contribution in [1.29, 1.82) is 0 Å². The summed E-state index contributed by atoms with van der Waals surface area (Å²) in [6, 6.07) is 1.44. The monoisotopic (exact) mass is 509 g/mol. The smallest absolute Gasteiger partial charge is 0.417 e. The number of nitrogens with zero attached hydrogens (tertiary/aromatic N) is 5. The Morgan fingerprint density at radius 1 is 1.31 bits per heavy atom. The molecule has 4 rings (SSSR count). The molecule has 2 atom stereocenters. The number of ether oxygens (including phenoxy) is 2. The minimum absolute atomic E-state index is 0.388.